The van der Waals surface area contributed by atoms with Crippen molar-refractivity contribution in [2.75, 3.05) is 0 Å². The molecule has 0 radical (unpaired) electrons. The lowest BCUT2D eigenvalue weighted by Crippen LogP contribution is -2.37. The molecule has 6 heteroatoms. The first-order valence-corrected chi connectivity index (χ1v) is 6.67. The third-order valence-corrected chi connectivity index (χ3v) is 3.65. The van der Waals surface area contributed by atoms with Crippen molar-refractivity contribution in [1.29, 1.82) is 0 Å². The average Bonchev–Trinajstić information content (AvgIpc) is 2.93. The van der Waals surface area contributed by atoms with Gasteiger partial charge in [0.05, 0.1) is 0 Å². The Hall–Kier alpha value is -2.37. The van der Waals surface area contributed by atoms with Crippen LogP contribution in [0, 0.1) is 0 Å². The van der Waals surface area contributed by atoms with Crippen molar-refractivity contribution in [3.63, 3.8) is 0 Å². The van der Waals surface area contributed by atoms with Gasteiger partial charge in [-0.2, -0.15) is 0 Å². The molecule has 2 N–H and O–H groups in total. The van der Waals surface area contributed by atoms with E-state index in [2.05, 4.69) is 10.3 Å². The molecular weight excluding hydrogens is 258 g/mol. The second kappa shape index (κ2) is 4.96. The molecule has 2 aromatic heterocycles. The monoisotopic (exact) mass is 273 g/mol. The Kier molecular flexibility index (Phi) is 3.14. The summed E-state index contributed by atoms with van der Waals surface area (Å²) in [7, 11) is 0. The number of hydrogen-bond donors (Lipinski definition) is 2. The van der Waals surface area contributed by atoms with Gasteiger partial charge in [-0.05, 0) is 25.0 Å². The second-order valence-corrected chi connectivity index (χ2v) is 5.02. The fourth-order valence-electron chi connectivity index (χ4n) is 2.58. The van der Waals surface area contributed by atoms with E-state index in [0.717, 1.165) is 25.7 Å². The highest BCUT2D eigenvalue weighted by Crippen LogP contribution is 2.18. The smallest absolute Gasteiger partial charge is 0.270 e. The summed E-state index contributed by atoms with van der Waals surface area (Å²) in [6.07, 6.45) is 6.82. The zero-order valence-electron chi connectivity index (χ0n) is 10.9. The Bertz CT molecular complexity index is 717. The van der Waals surface area contributed by atoms with E-state index >= 15 is 0 Å². The first-order valence-electron chi connectivity index (χ1n) is 6.67. The second-order valence-electron chi connectivity index (χ2n) is 5.02. The molecule has 0 aliphatic heterocycles. The van der Waals surface area contributed by atoms with Crippen molar-refractivity contribution < 1.29 is 9.90 Å². The van der Waals surface area contributed by atoms with Gasteiger partial charge in [0.2, 0.25) is 0 Å². The number of nitrogens with one attached hydrogen (secondary N) is 1. The normalized spacial score (nSPS) is 15.6. The van der Waals surface area contributed by atoms with Gasteiger partial charge in [0.25, 0.3) is 11.5 Å². The van der Waals surface area contributed by atoms with E-state index in [1.165, 1.54) is 28.9 Å². The summed E-state index contributed by atoms with van der Waals surface area (Å²) in [5.41, 5.74) is -0.323. The summed E-state index contributed by atoms with van der Waals surface area (Å²) >= 11 is 0. The predicted octanol–water partition coefficient (Wildman–Crippen LogP) is 1.07. The molecule has 2 aromatic rings. The minimum atomic E-state index is -0.471. The van der Waals surface area contributed by atoms with E-state index in [0.29, 0.717) is 0 Å². The molecule has 20 heavy (non-hydrogen) atoms. The van der Waals surface area contributed by atoms with E-state index < -0.39 is 11.5 Å². The van der Waals surface area contributed by atoms with Crippen molar-refractivity contribution in [3.8, 4) is 5.75 Å². The van der Waals surface area contributed by atoms with Gasteiger partial charge >= 0.3 is 0 Å². The van der Waals surface area contributed by atoms with Crippen molar-refractivity contribution in [3.05, 3.63) is 40.4 Å². The average molecular weight is 273 g/mol. The molecule has 0 atom stereocenters. The van der Waals surface area contributed by atoms with Crippen molar-refractivity contribution in [2.24, 2.45) is 0 Å². The minimum absolute atomic E-state index is 0.000000000000000444. The number of carbonyl (C=O) groups is 1. The van der Waals surface area contributed by atoms with Gasteiger partial charge in [0.1, 0.15) is 5.56 Å². The van der Waals surface area contributed by atoms with Gasteiger partial charge in [-0.15, -0.1) is 0 Å². The van der Waals surface area contributed by atoms with Crippen LogP contribution in [0.1, 0.15) is 36.0 Å². The highest BCUT2D eigenvalue weighted by molar-refractivity contribution is 5.94. The van der Waals surface area contributed by atoms with E-state index in [4.69, 9.17) is 0 Å². The van der Waals surface area contributed by atoms with Crippen LogP contribution in [0.2, 0.25) is 0 Å². The molecule has 6 nitrogen and oxygen atoms in total. The Labute approximate surface area is 115 Å². The number of rotatable bonds is 2. The Morgan fingerprint density at radius 3 is 2.90 bits per heavy atom. The minimum Gasteiger partial charge on any atom is -0.504 e. The summed E-state index contributed by atoms with van der Waals surface area (Å²) in [6, 6.07) is 3.12. The van der Waals surface area contributed by atoms with E-state index in [-0.39, 0.29) is 23.0 Å². The molecule has 2 heterocycles. The molecule has 104 valence electrons. The van der Waals surface area contributed by atoms with Gasteiger partial charge in [0.15, 0.2) is 11.4 Å². The van der Waals surface area contributed by atoms with Crippen LogP contribution < -0.4 is 10.9 Å². The number of amides is 1. The summed E-state index contributed by atoms with van der Waals surface area (Å²) in [5.74, 6) is -0.487. The molecular formula is C14H15N3O3. The first-order chi connectivity index (χ1) is 9.66. The summed E-state index contributed by atoms with van der Waals surface area (Å²) in [5, 5.41) is 12.5. The highest BCUT2D eigenvalue weighted by Gasteiger charge is 2.20. The summed E-state index contributed by atoms with van der Waals surface area (Å²) in [4.78, 5) is 28.4. The fraction of sp³-hybridized carbons (Fsp3) is 0.357. The molecule has 0 spiro atoms. The Balaban J connectivity index is 1.97. The number of carbonyl (C=O) groups excluding carboxylic acids is 1. The van der Waals surface area contributed by atoms with Crippen LogP contribution in [0.15, 0.2) is 29.3 Å². The van der Waals surface area contributed by atoms with Gasteiger partial charge in [-0.3, -0.25) is 14.0 Å². The highest BCUT2D eigenvalue weighted by atomic mass is 16.3. The largest absolute Gasteiger partial charge is 0.504 e. The maximum atomic E-state index is 12.2. The van der Waals surface area contributed by atoms with Crippen molar-refractivity contribution in [1.82, 2.24) is 14.7 Å². The molecule has 1 fully saturated rings. The van der Waals surface area contributed by atoms with E-state index in [1.54, 1.807) is 0 Å². The van der Waals surface area contributed by atoms with Crippen LogP contribution in [0.5, 0.6) is 5.75 Å². The van der Waals surface area contributed by atoms with Crippen LogP contribution >= 0.6 is 0 Å². The molecule has 1 aliphatic rings. The number of fused-ring (bicyclic) bond motifs is 1. The molecule has 3 rings (SSSR count). The summed E-state index contributed by atoms with van der Waals surface area (Å²) < 4.78 is 1.18. The SMILES string of the molecule is O=C(NC1CCCC1)c1cnc2c(O)cccn2c1=O. The lowest BCUT2D eigenvalue weighted by atomic mass is 10.2. The maximum absolute atomic E-state index is 12.2. The number of aromatic hydroxyl groups is 1. The zero-order valence-corrected chi connectivity index (χ0v) is 10.9. The fourth-order valence-corrected chi connectivity index (χ4v) is 2.58. The first kappa shape index (κ1) is 12.7. The van der Waals surface area contributed by atoms with Crippen LogP contribution in [0.4, 0.5) is 0 Å². The quantitative estimate of drug-likeness (QED) is 0.857. The number of hydrogen-bond acceptors (Lipinski definition) is 4. The van der Waals surface area contributed by atoms with Crippen LogP contribution in [-0.2, 0) is 0 Å². The molecule has 0 aromatic carbocycles. The number of pyridine rings is 1. The summed E-state index contributed by atoms with van der Waals surface area (Å²) in [6.45, 7) is 0. The third-order valence-electron chi connectivity index (χ3n) is 3.65. The number of aromatic nitrogens is 2. The standard InChI is InChI=1S/C14H15N3O3/c18-11-6-3-7-17-12(11)15-8-10(14(17)20)13(19)16-9-4-1-2-5-9/h3,6-9,18H,1-2,4-5H2,(H,16,19). The maximum Gasteiger partial charge on any atom is 0.270 e. The molecule has 1 amide bonds. The van der Waals surface area contributed by atoms with Crippen LogP contribution in [0.25, 0.3) is 5.65 Å². The van der Waals surface area contributed by atoms with Crippen molar-refractivity contribution >= 4 is 11.6 Å². The van der Waals surface area contributed by atoms with E-state index in [9.17, 15) is 14.7 Å². The Morgan fingerprint density at radius 1 is 1.40 bits per heavy atom. The number of nitrogens with zero attached hydrogens (tertiary/aromatic N) is 2. The lowest BCUT2D eigenvalue weighted by molar-refractivity contribution is 0.0936. The third kappa shape index (κ3) is 2.13. The molecule has 0 unspecified atom stereocenters. The Morgan fingerprint density at radius 2 is 2.15 bits per heavy atom. The molecule has 0 saturated heterocycles. The molecule has 1 saturated carbocycles. The van der Waals surface area contributed by atoms with Gasteiger partial charge in [-0.25, -0.2) is 4.98 Å². The van der Waals surface area contributed by atoms with E-state index in [1.807, 2.05) is 0 Å². The topological polar surface area (TPSA) is 83.7 Å². The van der Waals surface area contributed by atoms with Gasteiger partial charge in [-0.1, -0.05) is 12.8 Å². The zero-order chi connectivity index (χ0) is 14.1. The molecule has 0 bridgehead atoms. The van der Waals surface area contributed by atoms with Crippen LogP contribution in [-0.4, -0.2) is 26.4 Å². The van der Waals surface area contributed by atoms with Gasteiger partial charge < -0.3 is 10.4 Å². The molecule has 1 aliphatic carbocycles. The van der Waals surface area contributed by atoms with Crippen molar-refractivity contribution in [2.45, 2.75) is 31.7 Å². The van der Waals surface area contributed by atoms with Crippen LogP contribution in [0.3, 0.4) is 0 Å². The van der Waals surface area contributed by atoms with Gasteiger partial charge in [0, 0.05) is 18.4 Å². The predicted molar refractivity (Wildman–Crippen MR) is 72.8 cm³/mol. The lowest BCUT2D eigenvalue weighted by Gasteiger charge is -2.11.